The van der Waals surface area contributed by atoms with Gasteiger partial charge in [-0.2, -0.15) is 0 Å². The molecule has 3 fully saturated rings. The molecule has 0 radical (unpaired) electrons. The van der Waals surface area contributed by atoms with E-state index in [1.54, 1.807) is 19.1 Å². The normalized spacial score (nSPS) is 23.6. The van der Waals surface area contributed by atoms with Gasteiger partial charge in [0.1, 0.15) is 5.82 Å². The monoisotopic (exact) mass is 608 g/mol. The number of ether oxygens (including phenoxy) is 1. The third-order valence-corrected chi connectivity index (χ3v) is 10.2. The average molecular weight is 609 g/mol. The van der Waals surface area contributed by atoms with Crippen LogP contribution in [0.3, 0.4) is 0 Å². The van der Waals surface area contributed by atoms with E-state index in [4.69, 9.17) is 4.74 Å². The van der Waals surface area contributed by atoms with Gasteiger partial charge in [-0.15, -0.1) is 0 Å². The van der Waals surface area contributed by atoms with Gasteiger partial charge in [-0.25, -0.2) is 4.39 Å². The van der Waals surface area contributed by atoms with Crippen LogP contribution in [0.4, 0.5) is 15.8 Å². The predicted molar refractivity (Wildman–Crippen MR) is 175 cm³/mol. The molecular formula is C37H41FN4O3. The van der Waals surface area contributed by atoms with Gasteiger partial charge in [-0.3, -0.25) is 9.59 Å². The summed E-state index contributed by atoms with van der Waals surface area (Å²) in [6.07, 6.45) is 7.37. The number of hydrogen-bond donors (Lipinski definition) is 2. The number of aromatic nitrogens is 1. The first kappa shape index (κ1) is 29.5. The number of carbonyl (C=O) groups is 2. The van der Waals surface area contributed by atoms with E-state index < -0.39 is 17.8 Å². The van der Waals surface area contributed by atoms with E-state index in [9.17, 15) is 9.59 Å². The van der Waals surface area contributed by atoms with Crippen LogP contribution in [0.2, 0.25) is 0 Å². The molecule has 3 heterocycles. The Hall–Kier alpha value is -4.17. The molecule has 0 spiro atoms. The van der Waals surface area contributed by atoms with Crippen molar-refractivity contribution in [1.29, 1.82) is 0 Å². The van der Waals surface area contributed by atoms with E-state index in [0.29, 0.717) is 18.0 Å². The molecule has 7 rings (SSSR count). The number of nitrogens with one attached hydrogen (secondary N) is 2. The first-order valence-electron chi connectivity index (χ1n) is 16.3. The number of aryl methyl sites for hydroxylation is 2. The number of likely N-dealkylation sites (tertiary alicyclic amines) is 1. The first-order valence-corrected chi connectivity index (χ1v) is 16.3. The Labute approximate surface area is 263 Å². The first-order chi connectivity index (χ1) is 21.9. The van der Waals surface area contributed by atoms with Crippen molar-refractivity contribution in [3.05, 3.63) is 95.4 Å². The number of fused-ring (bicyclic) bond motifs is 2. The smallest absolute Gasteiger partial charge is 0.257 e. The molecule has 3 aliphatic rings. The zero-order valence-corrected chi connectivity index (χ0v) is 26.0. The number of carbonyl (C=O) groups excluding carboxylic acids is 2. The Morgan fingerprint density at radius 3 is 2.49 bits per heavy atom. The van der Waals surface area contributed by atoms with Crippen LogP contribution in [0.5, 0.6) is 0 Å². The van der Waals surface area contributed by atoms with Crippen LogP contribution >= 0.6 is 0 Å². The van der Waals surface area contributed by atoms with E-state index >= 15 is 4.39 Å². The van der Waals surface area contributed by atoms with Crippen molar-refractivity contribution in [1.82, 2.24) is 9.47 Å². The molecule has 1 aliphatic carbocycles. The van der Waals surface area contributed by atoms with Gasteiger partial charge in [0, 0.05) is 60.8 Å². The van der Waals surface area contributed by atoms with Crippen molar-refractivity contribution in [3.63, 3.8) is 0 Å². The Balaban J connectivity index is 1.26. The van der Waals surface area contributed by atoms with Gasteiger partial charge in [0.15, 0.2) is 0 Å². The van der Waals surface area contributed by atoms with Gasteiger partial charge in [-0.1, -0.05) is 30.7 Å². The van der Waals surface area contributed by atoms with Gasteiger partial charge in [0.2, 0.25) is 5.91 Å². The van der Waals surface area contributed by atoms with Crippen molar-refractivity contribution in [3.8, 4) is 0 Å². The Bertz CT molecular complexity index is 1690. The largest absolute Gasteiger partial charge is 0.382 e. The molecule has 4 atom stereocenters. The highest BCUT2D eigenvalue weighted by atomic mass is 19.1. The lowest BCUT2D eigenvalue weighted by molar-refractivity contribution is -0.125. The molecule has 0 bridgehead atoms. The van der Waals surface area contributed by atoms with Crippen LogP contribution in [0, 0.1) is 24.6 Å². The van der Waals surface area contributed by atoms with E-state index in [1.165, 1.54) is 6.07 Å². The van der Waals surface area contributed by atoms with Crippen molar-refractivity contribution >= 4 is 34.1 Å². The highest BCUT2D eigenvalue weighted by Crippen LogP contribution is 2.49. The maximum Gasteiger partial charge on any atom is 0.257 e. The number of rotatable bonds is 6. The highest BCUT2D eigenvalue weighted by Gasteiger charge is 2.50. The summed E-state index contributed by atoms with van der Waals surface area (Å²) in [5.74, 6) is -1.29. The summed E-state index contributed by atoms with van der Waals surface area (Å²) in [5, 5.41) is 7.86. The van der Waals surface area contributed by atoms with Crippen LogP contribution in [0.1, 0.15) is 66.1 Å². The average Bonchev–Trinajstić information content (AvgIpc) is 3.67. The molecule has 7 nitrogen and oxygen atoms in total. The molecule has 1 aromatic heterocycles. The van der Waals surface area contributed by atoms with Crippen LogP contribution in [-0.2, 0) is 16.6 Å². The summed E-state index contributed by atoms with van der Waals surface area (Å²) in [7, 11) is 2.00. The highest BCUT2D eigenvalue weighted by molar-refractivity contribution is 5.99. The molecule has 3 aromatic carbocycles. The topological polar surface area (TPSA) is 75.6 Å². The predicted octanol–water partition coefficient (Wildman–Crippen LogP) is 7.23. The molecule has 234 valence electrons. The van der Waals surface area contributed by atoms with Crippen LogP contribution in [0.15, 0.2) is 72.9 Å². The second kappa shape index (κ2) is 12.3. The van der Waals surface area contributed by atoms with Crippen LogP contribution in [0.25, 0.3) is 10.9 Å². The van der Waals surface area contributed by atoms with Gasteiger partial charge < -0.3 is 24.8 Å². The molecule has 2 aliphatic heterocycles. The van der Waals surface area contributed by atoms with E-state index in [-0.39, 0.29) is 29.3 Å². The number of hydrogen-bond acceptors (Lipinski definition) is 4. The number of benzene rings is 3. The van der Waals surface area contributed by atoms with Crippen molar-refractivity contribution < 1.29 is 18.7 Å². The molecule has 1 saturated carbocycles. The standard InChI is InChI=1S/C37H41FN4O3/c1-23-5-3-7-31(38)34(23)37(44)42-33-8-4-6-25(33)22-30(36(43)40-29-13-14-32-26(21-29)15-18-41(32)2)35(42)24-9-11-27(12-10-24)39-28-16-19-45-20-17-28/h3,5,7,9-15,18,21,25,28,30,33,35,39H,4,6,8,16-17,19-20,22H2,1-2H3,(H,40,43)/t25-,30+,33-,35+/m1/s1. The fourth-order valence-corrected chi connectivity index (χ4v) is 7.91. The summed E-state index contributed by atoms with van der Waals surface area (Å²) in [6, 6.07) is 20.7. The van der Waals surface area contributed by atoms with Crippen molar-refractivity contribution in [2.24, 2.45) is 18.9 Å². The fourth-order valence-electron chi connectivity index (χ4n) is 7.91. The van der Waals surface area contributed by atoms with E-state index in [0.717, 1.165) is 73.2 Å². The Kier molecular flexibility index (Phi) is 8.08. The summed E-state index contributed by atoms with van der Waals surface area (Å²) < 4.78 is 22.9. The zero-order valence-electron chi connectivity index (χ0n) is 26.0. The number of halogens is 1. The number of amides is 2. The fraction of sp³-hybridized carbons (Fsp3) is 0.405. The minimum absolute atomic E-state index is 0.0498. The lowest BCUT2D eigenvalue weighted by atomic mass is 9.76. The maximum atomic E-state index is 15.3. The Morgan fingerprint density at radius 2 is 1.71 bits per heavy atom. The summed E-state index contributed by atoms with van der Waals surface area (Å²) >= 11 is 0. The van der Waals surface area contributed by atoms with Crippen molar-refractivity contribution in [2.75, 3.05) is 23.8 Å². The van der Waals surface area contributed by atoms with Crippen LogP contribution < -0.4 is 10.6 Å². The van der Waals surface area contributed by atoms with Gasteiger partial charge >= 0.3 is 0 Å². The van der Waals surface area contributed by atoms with Gasteiger partial charge in [-0.05, 0) is 98.5 Å². The minimum atomic E-state index is -0.534. The van der Waals surface area contributed by atoms with E-state index in [2.05, 4.69) is 10.6 Å². The number of piperidine rings is 1. The molecule has 45 heavy (non-hydrogen) atoms. The molecule has 8 heteroatoms. The SMILES string of the molecule is Cc1cccc(F)c1C(=O)N1[C@@H]2CCC[C@@H]2C[C@H](C(=O)Nc2ccc3c(ccn3C)c2)[C@@H]1c1ccc(NC2CCOCC2)cc1. The third-order valence-electron chi connectivity index (χ3n) is 10.2. The summed E-state index contributed by atoms with van der Waals surface area (Å²) in [5.41, 5.74) is 4.40. The maximum absolute atomic E-state index is 15.3. The second-order valence-corrected chi connectivity index (χ2v) is 13.0. The molecular weight excluding hydrogens is 567 g/mol. The minimum Gasteiger partial charge on any atom is -0.382 e. The molecule has 2 amide bonds. The number of nitrogens with zero attached hydrogens (tertiary/aromatic N) is 2. The molecule has 2 N–H and O–H groups in total. The zero-order chi connectivity index (χ0) is 31.1. The van der Waals surface area contributed by atoms with Crippen LogP contribution in [-0.4, -0.2) is 46.6 Å². The number of anilines is 2. The Morgan fingerprint density at radius 1 is 0.933 bits per heavy atom. The van der Waals surface area contributed by atoms with E-state index in [1.807, 2.05) is 71.2 Å². The lowest BCUT2D eigenvalue weighted by Crippen LogP contribution is -2.54. The summed E-state index contributed by atoms with van der Waals surface area (Å²) in [6.45, 7) is 3.28. The lowest BCUT2D eigenvalue weighted by Gasteiger charge is -2.48. The third kappa shape index (κ3) is 5.72. The molecule has 2 saturated heterocycles. The molecule has 4 aromatic rings. The van der Waals surface area contributed by atoms with Gasteiger partial charge in [0.25, 0.3) is 5.91 Å². The summed E-state index contributed by atoms with van der Waals surface area (Å²) in [4.78, 5) is 30.7. The van der Waals surface area contributed by atoms with Crippen molar-refractivity contribution in [2.45, 2.75) is 63.6 Å². The second-order valence-electron chi connectivity index (χ2n) is 13.0. The molecule has 0 unspecified atom stereocenters. The quantitative estimate of drug-likeness (QED) is 0.242. The van der Waals surface area contributed by atoms with Gasteiger partial charge in [0.05, 0.1) is 17.5 Å².